The molecule has 0 spiro atoms. The van der Waals surface area contributed by atoms with Crippen molar-refractivity contribution >= 4 is 11.3 Å². The quantitative estimate of drug-likeness (QED) is 0.838. The molecule has 1 aliphatic rings. The molecule has 1 aromatic rings. The van der Waals surface area contributed by atoms with Crippen LogP contribution >= 0.6 is 11.3 Å². The summed E-state index contributed by atoms with van der Waals surface area (Å²) >= 11 is 1.79. The highest BCUT2D eigenvalue weighted by atomic mass is 32.1. The van der Waals surface area contributed by atoms with Crippen LogP contribution in [-0.2, 0) is 6.42 Å². The van der Waals surface area contributed by atoms with Gasteiger partial charge in [0.2, 0.25) is 0 Å². The zero-order valence-electron chi connectivity index (χ0n) is 11.0. The zero-order valence-corrected chi connectivity index (χ0v) is 11.8. The lowest BCUT2D eigenvalue weighted by atomic mass is 9.94. The Hall–Kier alpha value is -0.410. The molecule has 0 saturated heterocycles. The second-order valence-corrected chi connectivity index (χ2v) is 6.38. The summed E-state index contributed by atoms with van der Waals surface area (Å²) < 4.78 is 0. The molecule has 0 radical (unpaired) electrons. The number of aromatic nitrogens is 1. The predicted octanol–water partition coefficient (Wildman–Crippen LogP) is 3.49. The van der Waals surface area contributed by atoms with Crippen LogP contribution in [0, 0.1) is 11.8 Å². The molecule has 17 heavy (non-hydrogen) atoms. The summed E-state index contributed by atoms with van der Waals surface area (Å²) in [6, 6.07) is 0.667. The Morgan fingerprint density at radius 1 is 1.53 bits per heavy atom. The maximum atomic E-state index is 4.19. The first-order valence-electron chi connectivity index (χ1n) is 6.90. The van der Waals surface area contributed by atoms with Gasteiger partial charge in [-0.05, 0) is 44.1 Å². The Balaban J connectivity index is 1.92. The highest BCUT2D eigenvalue weighted by molar-refractivity contribution is 7.09. The zero-order chi connectivity index (χ0) is 12.1. The molecular formula is C14H24N2S. The highest BCUT2D eigenvalue weighted by Crippen LogP contribution is 2.34. The molecule has 1 aromatic heterocycles. The maximum absolute atomic E-state index is 4.19. The van der Waals surface area contributed by atoms with Crippen molar-refractivity contribution in [2.75, 3.05) is 6.54 Å². The summed E-state index contributed by atoms with van der Waals surface area (Å²) in [6.07, 6.45) is 8.65. The fraction of sp³-hybridized carbons (Fsp3) is 0.786. The van der Waals surface area contributed by atoms with E-state index in [0.29, 0.717) is 6.04 Å². The summed E-state index contributed by atoms with van der Waals surface area (Å²) in [7, 11) is 0. The lowest BCUT2D eigenvalue weighted by molar-refractivity contribution is 0.350. The van der Waals surface area contributed by atoms with Crippen molar-refractivity contribution in [3.05, 3.63) is 16.6 Å². The molecule has 2 nitrogen and oxygen atoms in total. The van der Waals surface area contributed by atoms with Gasteiger partial charge < -0.3 is 5.32 Å². The number of thiazole rings is 1. The largest absolute Gasteiger partial charge is 0.313 e. The lowest BCUT2D eigenvalue weighted by Crippen LogP contribution is -2.37. The minimum Gasteiger partial charge on any atom is -0.313 e. The van der Waals surface area contributed by atoms with Gasteiger partial charge in [-0.3, -0.25) is 4.98 Å². The van der Waals surface area contributed by atoms with E-state index in [1.165, 1.54) is 37.0 Å². The SMILES string of the molecule is CCCNC(Cc1cncs1)C1CCC(C)C1. The average Bonchev–Trinajstić information content (AvgIpc) is 2.95. The molecule has 96 valence electrons. The molecule has 1 fully saturated rings. The number of nitrogens with zero attached hydrogens (tertiary/aromatic N) is 1. The van der Waals surface area contributed by atoms with E-state index >= 15 is 0 Å². The van der Waals surface area contributed by atoms with Crippen LogP contribution in [0.1, 0.15) is 44.4 Å². The second kappa shape index (κ2) is 6.50. The molecule has 3 atom stereocenters. The van der Waals surface area contributed by atoms with E-state index < -0.39 is 0 Å². The number of nitrogens with one attached hydrogen (secondary N) is 1. The third kappa shape index (κ3) is 3.78. The van der Waals surface area contributed by atoms with Gasteiger partial charge in [0.1, 0.15) is 0 Å². The summed E-state index contributed by atoms with van der Waals surface area (Å²) in [5.74, 6) is 1.80. The molecule has 3 unspecified atom stereocenters. The molecular weight excluding hydrogens is 228 g/mol. The average molecular weight is 252 g/mol. The Labute approximate surface area is 109 Å². The van der Waals surface area contributed by atoms with Gasteiger partial charge >= 0.3 is 0 Å². The standard InChI is InChI=1S/C14H24N2S/c1-3-6-16-14(8-13-9-15-10-17-13)12-5-4-11(2)7-12/h9-12,14,16H,3-8H2,1-2H3. The van der Waals surface area contributed by atoms with Crippen LogP contribution in [0.25, 0.3) is 0 Å². The Bertz CT molecular complexity index is 310. The van der Waals surface area contributed by atoms with Crippen molar-refractivity contribution in [1.82, 2.24) is 10.3 Å². The topological polar surface area (TPSA) is 24.9 Å². The van der Waals surface area contributed by atoms with Gasteiger partial charge in [-0.2, -0.15) is 0 Å². The van der Waals surface area contributed by atoms with E-state index in [-0.39, 0.29) is 0 Å². The highest BCUT2D eigenvalue weighted by Gasteiger charge is 2.28. The monoisotopic (exact) mass is 252 g/mol. The van der Waals surface area contributed by atoms with E-state index in [2.05, 4.69) is 24.1 Å². The van der Waals surface area contributed by atoms with Crippen molar-refractivity contribution in [1.29, 1.82) is 0 Å². The van der Waals surface area contributed by atoms with Crippen LogP contribution in [-0.4, -0.2) is 17.6 Å². The first-order chi connectivity index (χ1) is 8.29. The molecule has 0 aromatic carbocycles. The summed E-state index contributed by atoms with van der Waals surface area (Å²) in [5.41, 5.74) is 1.95. The molecule has 1 N–H and O–H groups in total. The van der Waals surface area contributed by atoms with Crippen molar-refractivity contribution in [3.8, 4) is 0 Å². The van der Waals surface area contributed by atoms with Crippen LogP contribution in [0.3, 0.4) is 0 Å². The van der Waals surface area contributed by atoms with E-state index in [4.69, 9.17) is 0 Å². The van der Waals surface area contributed by atoms with Crippen molar-refractivity contribution in [2.24, 2.45) is 11.8 Å². The van der Waals surface area contributed by atoms with Crippen LogP contribution in [0.4, 0.5) is 0 Å². The first-order valence-corrected chi connectivity index (χ1v) is 7.78. The molecule has 1 saturated carbocycles. The van der Waals surface area contributed by atoms with Gasteiger partial charge in [-0.15, -0.1) is 11.3 Å². The molecule has 2 rings (SSSR count). The van der Waals surface area contributed by atoms with Crippen LogP contribution in [0.15, 0.2) is 11.7 Å². The third-order valence-electron chi connectivity index (χ3n) is 3.87. The van der Waals surface area contributed by atoms with Gasteiger partial charge in [-0.25, -0.2) is 0 Å². The Kier molecular flexibility index (Phi) is 4.99. The van der Waals surface area contributed by atoms with Gasteiger partial charge in [0.05, 0.1) is 5.51 Å². The van der Waals surface area contributed by atoms with Crippen LogP contribution in [0.5, 0.6) is 0 Å². The lowest BCUT2D eigenvalue weighted by Gasteiger charge is -2.24. The third-order valence-corrected chi connectivity index (χ3v) is 4.67. The molecule has 0 amide bonds. The molecule has 0 bridgehead atoms. The van der Waals surface area contributed by atoms with Gasteiger partial charge in [0.25, 0.3) is 0 Å². The molecule has 1 aliphatic carbocycles. The normalized spacial score (nSPS) is 26.2. The predicted molar refractivity (Wildman–Crippen MR) is 74.4 cm³/mol. The number of hydrogen-bond donors (Lipinski definition) is 1. The molecule has 1 heterocycles. The van der Waals surface area contributed by atoms with Crippen molar-refractivity contribution in [3.63, 3.8) is 0 Å². The number of hydrogen-bond acceptors (Lipinski definition) is 3. The van der Waals surface area contributed by atoms with Gasteiger partial charge in [0.15, 0.2) is 0 Å². The number of rotatable bonds is 6. The van der Waals surface area contributed by atoms with Crippen molar-refractivity contribution < 1.29 is 0 Å². The van der Waals surface area contributed by atoms with Crippen LogP contribution < -0.4 is 5.32 Å². The summed E-state index contributed by atoms with van der Waals surface area (Å²) in [5, 5.41) is 3.75. The summed E-state index contributed by atoms with van der Waals surface area (Å²) in [6.45, 7) is 5.78. The smallest absolute Gasteiger partial charge is 0.0794 e. The Morgan fingerprint density at radius 3 is 3.00 bits per heavy atom. The first kappa shape index (κ1) is 13.0. The van der Waals surface area contributed by atoms with E-state index in [9.17, 15) is 0 Å². The summed E-state index contributed by atoms with van der Waals surface area (Å²) in [4.78, 5) is 5.62. The van der Waals surface area contributed by atoms with E-state index in [1.807, 2.05) is 11.7 Å². The minimum absolute atomic E-state index is 0.667. The minimum atomic E-state index is 0.667. The fourth-order valence-corrected chi connectivity index (χ4v) is 3.57. The Morgan fingerprint density at radius 2 is 2.41 bits per heavy atom. The molecule has 0 aliphatic heterocycles. The van der Waals surface area contributed by atoms with Gasteiger partial charge in [0, 0.05) is 17.1 Å². The molecule has 3 heteroatoms. The van der Waals surface area contributed by atoms with Gasteiger partial charge in [-0.1, -0.05) is 20.3 Å². The van der Waals surface area contributed by atoms with E-state index in [0.717, 1.165) is 18.4 Å². The second-order valence-electron chi connectivity index (χ2n) is 5.41. The van der Waals surface area contributed by atoms with Crippen LogP contribution in [0.2, 0.25) is 0 Å². The van der Waals surface area contributed by atoms with E-state index in [1.54, 1.807) is 11.3 Å². The maximum Gasteiger partial charge on any atom is 0.0794 e. The fourth-order valence-electron chi connectivity index (χ4n) is 2.91. The van der Waals surface area contributed by atoms with Crippen molar-refractivity contribution in [2.45, 2.75) is 52.0 Å².